The summed E-state index contributed by atoms with van der Waals surface area (Å²) in [7, 11) is 1.74. The minimum atomic E-state index is -0.569. The van der Waals surface area contributed by atoms with Crippen LogP contribution in [-0.4, -0.2) is 37.3 Å². The summed E-state index contributed by atoms with van der Waals surface area (Å²) in [6.07, 6.45) is 0. The number of aromatic nitrogens is 3. The van der Waals surface area contributed by atoms with Crippen LogP contribution in [0.1, 0.15) is 34.7 Å². The van der Waals surface area contributed by atoms with Crippen LogP contribution in [0.15, 0.2) is 47.6 Å². The van der Waals surface area contributed by atoms with E-state index in [2.05, 4.69) is 20.8 Å². The molecule has 0 aliphatic rings. The van der Waals surface area contributed by atoms with Gasteiger partial charge in [0.2, 0.25) is 5.91 Å². The Hall–Kier alpha value is -3.44. The van der Waals surface area contributed by atoms with Gasteiger partial charge in [-0.25, -0.2) is 0 Å². The van der Waals surface area contributed by atoms with Crippen molar-refractivity contribution < 1.29 is 14.5 Å². The van der Waals surface area contributed by atoms with Crippen LogP contribution in [-0.2, 0) is 11.8 Å². The van der Waals surface area contributed by atoms with Gasteiger partial charge in [0.1, 0.15) is 0 Å². The first-order valence-electron chi connectivity index (χ1n) is 9.79. The largest absolute Gasteiger partial charge is 0.342 e. The van der Waals surface area contributed by atoms with E-state index in [0.717, 1.165) is 17.3 Å². The maximum atomic E-state index is 12.5. The third-order valence-corrected chi connectivity index (χ3v) is 6.03. The molecule has 0 spiro atoms. The molecule has 0 saturated heterocycles. The summed E-state index contributed by atoms with van der Waals surface area (Å²) in [5.74, 6) is -0.129. The number of amides is 2. The van der Waals surface area contributed by atoms with Crippen molar-refractivity contribution in [3.8, 4) is 0 Å². The molecule has 1 atom stereocenters. The van der Waals surface area contributed by atoms with Gasteiger partial charge in [-0.2, -0.15) is 0 Å². The fourth-order valence-corrected chi connectivity index (χ4v) is 3.80. The molecule has 0 aliphatic carbocycles. The summed E-state index contributed by atoms with van der Waals surface area (Å²) in [5, 5.41) is 25.3. The van der Waals surface area contributed by atoms with Crippen LogP contribution in [0.5, 0.6) is 0 Å². The van der Waals surface area contributed by atoms with Gasteiger partial charge in [-0.1, -0.05) is 41.1 Å². The van der Waals surface area contributed by atoms with Crippen LogP contribution in [0.25, 0.3) is 0 Å². The molecular formula is C21H21ClN6O4S. The number of nitro benzene ring substituents is 1. The van der Waals surface area contributed by atoms with Crippen molar-refractivity contribution in [2.24, 2.45) is 7.05 Å². The Bertz CT molecular complexity index is 1200. The van der Waals surface area contributed by atoms with Gasteiger partial charge in [-0.3, -0.25) is 19.7 Å². The van der Waals surface area contributed by atoms with Gasteiger partial charge in [-0.15, -0.1) is 10.2 Å². The molecule has 3 aromatic rings. The number of halogens is 1. The first kappa shape index (κ1) is 24.2. The fraction of sp³-hybridized carbons (Fsp3) is 0.238. The highest BCUT2D eigenvalue weighted by Crippen LogP contribution is 2.27. The van der Waals surface area contributed by atoms with E-state index >= 15 is 0 Å². The molecule has 2 N–H and O–H groups in total. The van der Waals surface area contributed by atoms with Crippen LogP contribution in [0.2, 0.25) is 5.02 Å². The molecule has 3 rings (SSSR count). The van der Waals surface area contributed by atoms with Crippen LogP contribution < -0.4 is 10.6 Å². The number of carbonyl (C=O) groups is 2. The summed E-state index contributed by atoms with van der Waals surface area (Å²) in [5.41, 5.74) is 1.58. The SMILES string of the molecule is Cc1ccc(C(=O)N[C@@H](C)c2nnc(SCC(=O)Nc3cc([N+](=O)[O-])ccc3Cl)n2C)cc1. The van der Waals surface area contributed by atoms with Crippen LogP contribution >= 0.6 is 23.4 Å². The Morgan fingerprint density at radius 1 is 1.21 bits per heavy atom. The average molecular weight is 489 g/mol. The Kier molecular flexibility index (Phi) is 7.67. The molecule has 0 aliphatic heterocycles. The number of nitro groups is 1. The predicted molar refractivity (Wildman–Crippen MR) is 126 cm³/mol. The molecular weight excluding hydrogens is 468 g/mol. The number of rotatable bonds is 8. The van der Waals surface area contributed by atoms with E-state index in [4.69, 9.17) is 11.6 Å². The number of thioether (sulfide) groups is 1. The van der Waals surface area contributed by atoms with Gasteiger partial charge in [0, 0.05) is 24.7 Å². The number of hydrogen-bond acceptors (Lipinski definition) is 7. The molecule has 1 heterocycles. The molecule has 12 heteroatoms. The molecule has 0 bridgehead atoms. The van der Waals surface area contributed by atoms with E-state index in [1.807, 2.05) is 19.1 Å². The monoisotopic (exact) mass is 488 g/mol. The third kappa shape index (κ3) is 6.08. The Morgan fingerprint density at radius 3 is 2.58 bits per heavy atom. The highest BCUT2D eigenvalue weighted by atomic mass is 35.5. The van der Waals surface area contributed by atoms with Crippen LogP contribution in [0, 0.1) is 17.0 Å². The van der Waals surface area contributed by atoms with Crippen molar-refractivity contribution >= 4 is 46.6 Å². The summed E-state index contributed by atoms with van der Waals surface area (Å²) >= 11 is 7.15. The number of anilines is 1. The molecule has 0 saturated carbocycles. The quantitative estimate of drug-likeness (QED) is 0.279. The smallest absolute Gasteiger partial charge is 0.271 e. The second-order valence-corrected chi connectivity index (χ2v) is 8.57. The van der Waals surface area contributed by atoms with E-state index in [0.29, 0.717) is 16.5 Å². The van der Waals surface area contributed by atoms with E-state index in [1.165, 1.54) is 18.2 Å². The van der Waals surface area contributed by atoms with E-state index in [1.54, 1.807) is 30.7 Å². The summed E-state index contributed by atoms with van der Waals surface area (Å²) in [4.78, 5) is 35.1. The summed E-state index contributed by atoms with van der Waals surface area (Å²) in [6, 6.07) is 10.6. The maximum Gasteiger partial charge on any atom is 0.271 e. The third-order valence-electron chi connectivity index (χ3n) is 4.68. The molecule has 2 amide bonds. The zero-order chi connectivity index (χ0) is 24.1. The molecule has 33 heavy (non-hydrogen) atoms. The summed E-state index contributed by atoms with van der Waals surface area (Å²) in [6.45, 7) is 3.74. The topological polar surface area (TPSA) is 132 Å². The standard InChI is InChI=1S/C21H21ClN6O4S/c1-12-4-6-14(7-5-12)20(30)23-13(2)19-25-26-21(27(19)3)33-11-18(29)24-17-10-15(28(31)32)8-9-16(17)22/h4-10,13H,11H2,1-3H3,(H,23,30)(H,24,29)/t13-/m0/s1. The fourth-order valence-electron chi connectivity index (χ4n) is 2.92. The van der Waals surface area contributed by atoms with Gasteiger partial charge in [0.05, 0.1) is 27.4 Å². The lowest BCUT2D eigenvalue weighted by Gasteiger charge is -2.14. The van der Waals surface area contributed by atoms with E-state index in [-0.39, 0.29) is 28.1 Å². The molecule has 2 aromatic carbocycles. The number of nitrogens with one attached hydrogen (secondary N) is 2. The van der Waals surface area contributed by atoms with Crippen molar-refractivity contribution in [1.29, 1.82) is 0 Å². The Balaban J connectivity index is 1.60. The van der Waals surface area contributed by atoms with E-state index in [9.17, 15) is 19.7 Å². The second kappa shape index (κ2) is 10.5. The lowest BCUT2D eigenvalue weighted by Crippen LogP contribution is -2.28. The van der Waals surface area contributed by atoms with Gasteiger partial charge in [0.25, 0.3) is 11.6 Å². The first-order chi connectivity index (χ1) is 15.7. The number of benzene rings is 2. The number of nitrogens with zero attached hydrogens (tertiary/aromatic N) is 4. The molecule has 0 unspecified atom stereocenters. The normalized spacial score (nSPS) is 11.6. The predicted octanol–water partition coefficient (Wildman–Crippen LogP) is 3.91. The maximum absolute atomic E-state index is 12.5. The Morgan fingerprint density at radius 2 is 1.91 bits per heavy atom. The molecule has 1 aromatic heterocycles. The van der Waals surface area contributed by atoms with Gasteiger partial charge >= 0.3 is 0 Å². The number of carbonyl (C=O) groups excluding carboxylic acids is 2. The van der Waals surface area contributed by atoms with Crippen LogP contribution in [0.3, 0.4) is 0 Å². The zero-order valence-corrected chi connectivity index (χ0v) is 19.6. The Labute approximate surface area is 198 Å². The lowest BCUT2D eigenvalue weighted by molar-refractivity contribution is -0.384. The number of hydrogen-bond donors (Lipinski definition) is 2. The second-order valence-electron chi connectivity index (χ2n) is 7.22. The first-order valence-corrected chi connectivity index (χ1v) is 11.2. The van der Waals surface area contributed by atoms with E-state index < -0.39 is 16.9 Å². The average Bonchev–Trinajstić information content (AvgIpc) is 3.14. The molecule has 172 valence electrons. The van der Waals surface area contributed by atoms with Crippen molar-refractivity contribution in [3.63, 3.8) is 0 Å². The molecule has 0 radical (unpaired) electrons. The lowest BCUT2D eigenvalue weighted by atomic mass is 10.1. The number of non-ortho nitro benzene ring substituents is 1. The molecule has 0 fully saturated rings. The molecule has 10 nitrogen and oxygen atoms in total. The minimum Gasteiger partial charge on any atom is -0.342 e. The zero-order valence-electron chi connectivity index (χ0n) is 18.0. The highest BCUT2D eigenvalue weighted by Gasteiger charge is 2.19. The minimum absolute atomic E-state index is 0.0187. The van der Waals surface area contributed by atoms with Gasteiger partial charge in [0.15, 0.2) is 11.0 Å². The van der Waals surface area contributed by atoms with Gasteiger partial charge < -0.3 is 15.2 Å². The van der Waals surface area contributed by atoms with Gasteiger partial charge in [-0.05, 0) is 32.0 Å². The van der Waals surface area contributed by atoms with Crippen molar-refractivity contribution in [2.75, 3.05) is 11.1 Å². The van der Waals surface area contributed by atoms with Crippen molar-refractivity contribution in [2.45, 2.75) is 25.0 Å². The van der Waals surface area contributed by atoms with Crippen molar-refractivity contribution in [1.82, 2.24) is 20.1 Å². The number of aryl methyl sites for hydroxylation is 1. The highest BCUT2D eigenvalue weighted by molar-refractivity contribution is 7.99. The summed E-state index contributed by atoms with van der Waals surface area (Å²) < 4.78 is 1.69. The van der Waals surface area contributed by atoms with Crippen molar-refractivity contribution in [3.05, 3.63) is 74.6 Å². The van der Waals surface area contributed by atoms with Crippen LogP contribution in [0.4, 0.5) is 11.4 Å².